The van der Waals surface area contributed by atoms with Crippen LogP contribution < -0.4 is 5.32 Å². The van der Waals surface area contributed by atoms with Crippen molar-refractivity contribution >= 4 is 23.6 Å². The lowest BCUT2D eigenvalue weighted by atomic mass is 10.1. The third-order valence-electron chi connectivity index (χ3n) is 6.09. The molecule has 0 bridgehead atoms. The highest BCUT2D eigenvalue weighted by molar-refractivity contribution is 7.98. The lowest BCUT2D eigenvalue weighted by Crippen LogP contribution is -2.51. The van der Waals surface area contributed by atoms with Crippen molar-refractivity contribution in [3.8, 4) is 0 Å². The molecule has 2 amide bonds. The van der Waals surface area contributed by atoms with Crippen LogP contribution in [0.3, 0.4) is 0 Å². The quantitative estimate of drug-likeness (QED) is 0.459. The van der Waals surface area contributed by atoms with Crippen LogP contribution in [-0.4, -0.2) is 34.6 Å². The Hall–Kier alpha value is -2.27. The summed E-state index contributed by atoms with van der Waals surface area (Å²) in [4.78, 5) is 28.3. The number of aryl methyl sites for hydroxylation is 1. The molecule has 32 heavy (non-hydrogen) atoms. The smallest absolute Gasteiger partial charge is 0.243 e. The predicted molar refractivity (Wildman–Crippen MR) is 133 cm³/mol. The Labute approximate surface area is 197 Å². The Kier molecular flexibility index (Phi) is 9.66. The van der Waals surface area contributed by atoms with Crippen LogP contribution in [-0.2, 0) is 21.9 Å². The van der Waals surface area contributed by atoms with Gasteiger partial charge in [0.05, 0.1) is 0 Å². The van der Waals surface area contributed by atoms with Crippen LogP contribution in [0.4, 0.5) is 0 Å². The second-order valence-corrected chi connectivity index (χ2v) is 9.82. The molecule has 0 heterocycles. The zero-order valence-electron chi connectivity index (χ0n) is 19.4. The fourth-order valence-electron chi connectivity index (χ4n) is 4.36. The van der Waals surface area contributed by atoms with Gasteiger partial charge in [-0.1, -0.05) is 79.9 Å². The summed E-state index contributed by atoms with van der Waals surface area (Å²) in [5, 5.41) is 3.21. The van der Waals surface area contributed by atoms with Crippen LogP contribution in [0.2, 0.25) is 0 Å². The molecule has 0 radical (unpaired) electrons. The number of carbonyl (C=O) groups is 2. The van der Waals surface area contributed by atoms with E-state index in [0.29, 0.717) is 19.4 Å². The van der Waals surface area contributed by atoms with Crippen LogP contribution in [0, 0.1) is 6.92 Å². The Bertz CT molecular complexity index is 865. The number of hydrogen-bond acceptors (Lipinski definition) is 3. The average molecular weight is 453 g/mol. The highest BCUT2D eigenvalue weighted by Gasteiger charge is 2.30. The number of benzene rings is 2. The number of nitrogens with one attached hydrogen (secondary N) is 1. The van der Waals surface area contributed by atoms with Crippen molar-refractivity contribution in [3.63, 3.8) is 0 Å². The summed E-state index contributed by atoms with van der Waals surface area (Å²) in [6, 6.07) is 18.4. The Morgan fingerprint density at radius 2 is 1.78 bits per heavy atom. The normalized spacial score (nSPS) is 14.8. The van der Waals surface area contributed by atoms with E-state index in [-0.39, 0.29) is 17.9 Å². The molecule has 2 aromatic rings. The van der Waals surface area contributed by atoms with E-state index in [1.807, 2.05) is 42.2 Å². The molecule has 1 aliphatic carbocycles. The number of carbonyl (C=O) groups excluding carboxylic acids is 2. The molecular weight excluding hydrogens is 416 g/mol. The number of hydrogen-bond donors (Lipinski definition) is 1. The van der Waals surface area contributed by atoms with Crippen LogP contribution in [0.1, 0.15) is 62.1 Å². The van der Waals surface area contributed by atoms with Crippen molar-refractivity contribution in [1.29, 1.82) is 0 Å². The highest BCUT2D eigenvalue weighted by atomic mass is 32.2. The number of nitrogens with zero attached hydrogens (tertiary/aromatic N) is 1. The Morgan fingerprint density at radius 1 is 1.06 bits per heavy atom. The number of thioether (sulfide) groups is 1. The fraction of sp³-hybridized carbons (Fsp3) is 0.481. The van der Waals surface area contributed by atoms with Gasteiger partial charge in [-0.25, -0.2) is 0 Å². The summed E-state index contributed by atoms with van der Waals surface area (Å²) in [6.45, 7) is 4.53. The molecule has 0 saturated heterocycles. The van der Waals surface area contributed by atoms with Crippen LogP contribution >= 0.6 is 11.8 Å². The summed E-state index contributed by atoms with van der Waals surface area (Å²) < 4.78 is 0. The first-order chi connectivity index (χ1) is 15.6. The molecule has 1 atom stereocenters. The first kappa shape index (κ1) is 24.4. The van der Waals surface area contributed by atoms with Crippen LogP contribution in [0.15, 0.2) is 54.6 Å². The van der Waals surface area contributed by atoms with E-state index in [4.69, 9.17) is 0 Å². The fourth-order valence-corrected chi connectivity index (χ4v) is 5.25. The Morgan fingerprint density at radius 3 is 2.47 bits per heavy atom. The van der Waals surface area contributed by atoms with Gasteiger partial charge in [0, 0.05) is 30.5 Å². The number of amides is 2. The van der Waals surface area contributed by atoms with Gasteiger partial charge >= 0.3 is 0 Å². The van der Waals surface area contributed by atoms with E-state index in [1.165, 1.54) is 18.4 Å². The van der Waals surface area contributed by atoms with Crippen LogP contribution in [0.25, 0.3) is 0 Å². The molecule has 5 heteroatoms. The van der Waals surface area contributed by atoms with Crippen LogP contribution in [0.5, 0.6) is 0 Å². The van der Waals surface area contributed by atoms with Gasteiger partial charge in [0.15, 0.2) is 0 Å². The molecule has 1 N–H and O–H groups in total. The van der Waals surface area contributed by atoms with Gasteiger partial charge in [-0.05, 0) is 37.3 Å². The molecule has 1 aliphatic rings. The molecular formula is C27H36N2O2S. The standard InChI is InChI=1S/C27H36N2O2S/c1-3-25(27(31)28-24-14-7-8-15-24)29(19-23-13-9-10-21(2)18-23)26(30)16-17-32-20-22-11-5-4-6-12-22/h4-6,9-13,18,24-25H,3,7-8,14-17,19-20H2,1-2H3,(H,28,31)/t25-/m0/s1. The predicted octanol–water partition coefficient (Wildman–Crippen LogP) is 5.48. The van der Waals surface area contributed by atoms with E-state index in [9.17, 15) is 9.59 Å². The zero-order chi connectivity index (χ0) is 22.8. The minimum absolute atomic E-state index is 0.00246. The molecule has 1 fully saturated rings. The lowest BCUT2D eigenvalue weighted by molar-refractivity contribution is -0.141. The lowest BCUT2D eigenvalue weighted by Gasteiger charge is -2.31. The second kappa shape index (κ2) is 12.7. The summed E-state index contributed by atoms with van der Waals surface area (Å²) in [5.74, 6) is 1.70. The van der Waals surface area contributed by atoms with Crippen molar-refractivity contribution in [2.75, 3.05) is 5.75 Å². The van der Waals surface area contributed by atoms with E-state index in [0.717, 1.165) is 35.5 Å². The highest BCUT2D eigenvalue weighted by Crippen LogP contribution is 2.20. The second-order valence-electron chi connectivity index (χ2n) is 8.71. The molecule has 0 unspecified atom stereocenters. The third kappa shape index (κ3) is 7.40. The largest absolute Gasteiger partial charge is 0.352 e. The minimum Gasteiger partial charge on any atom is -0.352 e. The summed E-state index contributed by atoms with van der Waals surface area (Å²) in [7, 11) is 0. The molecule has 172 valence electrons. The zero-order valence-corrected chi connectivity index (χ0v) is 20.2. The van der Waals surface area contributed by atoms with E-state index in [2.05, 4.69) is 36.5 Å². The Balaban J connectivity index is 1.65. The van der Waals surface area contributed by atoms with Gasteiger partial charge in [-0.2, -0.15) is 11.8 Å². The van der Waals surface area contributed by atoms with Crippen molar-refractivity contribution in [2.45, 2.75) is 76.8 Å². The monoisotopic (exact) mass is 452 g/mol. The molecule has 2 aromatic carbocycles. The molecule has 0 spiro atoms. The average Bonchev–Trinajstić information content (AvgIpc) is 3.30. The summed E-state index contributed by atoms with van der Waals surface area (Å²) in [6.07, 6.45) is 5.50. The topological polar surface area (TPSA) is 49.4 Å². The maximum Gasteiger partial charge on any atom is 0.243 e. The molecule has 0 aromatic heterocycles. The van der Waals surface area contributed by atoms with Crippen molar-refractivity contribution in [1.82, 2.24) is 10.2 Å². The van der Waals surface area contributed by atoms with E-state index in [1.54, 1.807) is 11.8 Å². The summed E-state index contributed by atoms with van der Waals surface area (Å²) >= 11 is 1.77. The van der Waals surface area contributed by atoms with E-state index < -0.39 is 6.04 Å². The molecule has 4 nitrogen and oxygen atoms in total. The first-order valence-electron chi connectivity index (χ1n) is 11.8. The number of rotatable bonds is 11. The third-order valence-corrected chi connectivity index (χ3v) is 7.12. The van der Waals surface area contributed by atoms with E-state index >= 15 is 0 Å². The minimum atomic E-state index is -0.428. The van der Waals surface area contributed by atoms with Gasteiger partial charge < -0.3 is 10.2 Å². The van der Waals surface area contributed by atoms with Crippen molar-refractivity contribution in [3.05, 3.63) is 71.3 Å². The maximum atomic E-state index is 13.3. The van der Waals surface area contributed by atoms with Gasteiger partial charge in [-0.3, -0.25) is 9.59 Å². The SMILES string of the molecule is CC[C@@H](C(=O)NC1CCCC1)N(Cc1cccc(C)c1)C(=O)CCSCc1ccccc1. The van der Waals surface area contributed by atoms with Crippen molar-refractivity contribution in [2.24, 2.45) is 0 Å². The summed E-state index contributed by atoms with van der Waals surface area (Å²) in [5.41, 5.74) is 3.50. The van der Waals surface area contributed by atoms with Crippen molar-refractivity contribution < 1.29 is 9.59 Å². The molecule has 3 rings (SSSR count). The van der Waals surface area contributed by atoms with Gasteiger partial charge in [-0.15, -0.1) is 0 Å². The van der Waals surface area contributed by atoms with Gasteiger partial charge in [0.25, 0.3) is 0 Å². The van der Waals surface area contributed by atoms with Gasteiger partial charge in [0.2, 0.25) is 11.8 Å². The first-order valence-corrected chi connectivity index (χ1v) is 13.0. The van der Waals surface area contributed by atoms with Gasteiger partial charge in [0.1, 0.15) is 6.04 Å². The maximum absolute atomic E-state index is 13.3. The molecule has 0 aliphatic heterocycles. The molecule has 1 saturated carbocycles.